The third-order valence-corrected chi connectivity index (χ3v) is 1.89. The summed E-state index contributed by atoms with van der Waals surface area (Å²) < 4.78 is 0. The highest BCUT2D eigenvalue weighted by Crippen LogP contribution is 2.06. The van der Waals surface area contributed by atoms with E-state index in [-0.39, 0.29) is 5.91 Å². The Balaban J connectivity index is 2.84. The van der Waals surface area contributed by atoms with E-state index in [0.717, 1.165) is 5.56 Å². The van der Waals surface area contributed by atoms with E-state index in [1.165, 1.54) is 4.90 Å². The average molecular weight is 188 g/mol. The number of nitrogens with zero attached hydrogens (tertiary/aromatic N) is 2. The fourth-order valence-electron chi connectivity index (χ4n) is 1.11. The van der Waals surface area contributed by atoms with Crippen LogP contribution in [0.5, 0.6) is 0 Å². The SMILES string of the molecule is CN(C)C(=O)c1ccc(CC#N)cc1. The molecule has 1 aromatic carbocycles. The van der Waals surface area contributed by atoms with Crippen molar-refractivity contribution in [2.45, 2.75) is 6.42 Å². The molecular weight excluding hydrogens is 176 g/mol. The molecule has 14 heavy (non-hydrogen) atoms. The summed E-state index contributed by atoms with van der Waals surface area (Å²) in [7, 11) is 3.43. The lowest BCUT2D eigenvalue weighted by Gasteiger charge is -2.09. The molecule has 0 radical (unpaired) electrons. The van der Waals surface area contributed by atoms with E-state index in [9.17, 15) is 4.79 Å². The second-order valence-electron chi connectivity index (χ2n) is 3.23. The van der Waals surface area contributed by atoms with Gasteiger partial charge in [0.1, 0.15) is 0 Å². The molecule has 0 spiro atoms. The van der Waals surface area contributed by atoms with Crippen molar-refractivity contribution in [2.24, 2.45) is 0 Å². The Hall–Kier alpha value is -1.82. The van der Waals surface area contributed by atoms with E-state index in [4.69, 9.17) is 5.26 Å². The number of rotatable bonds is 2. The molecule has 1 aromatic rings. The molecule has 0 aliphatic carbocycles. The summed E-state index contributed by atoms with van der Waals surface area (Å²) in [4.78, 5) is 13.0. The lowest BCUT2D eigenvalue weighted by atomic mass is 10.1. The molecule has 1 rings (SSSR count). The minimum atomic E-state index is -0.0199. The molecule has 0 aliphatic heterocycles. The number of hydrogen-bond acceptors (Lipinski definition) is 2. The van der Waals surface area contributed by atoms with Gasteiger partial charge < -0.3 is 4.90 Å². The number of amides is 1. The van der Waals surface area contributed by atoms with E-state index in [1.54, 1.807) is 38.4 Å². The molecule has 0 N–H and O–H groups in total. The van der Waals surface area contributed by atoms with Crippen LogP contribution >= 0.6 is 0 Å². The van der Waals surface area contributed by atoms with E-state index >= 15 is 0 Å². The van der Waals surface area contributed by atoms with Gasteiger partial charge in [-0.1, -0.05) is 12.1 Å². The van der Waals surface area contributed by atoms with Crippen molar-refractivity contribution in [3.63, 3.8) is 0 Å². The van der Waals surface area contributed by atoms with Gasteiger partial charge in [-0.3, -0.25) is 4.79 Å². The molecule has 0 atom stereocenters. The minimum Gasteiger partial charge on any atom is -0.345 e. The van der Waals surface area contributed by atoms with Crippen LogP contribution in [-0.4, -0.2) is 24.9 Å². The van der Waals surface area contributed by atoms with E-state index in [1.807, 2.05) is 0 Å². The first kappa shape index (κ1) is 10.3. The van der Waals surface area contributed by atoms with Crippen LogP contribution in [-0.2, 0) is 6.42 Å². The average Bonchev–Trinajstić information content (AvgIpc) is 2.18. The fraction of sp³-hybridized carbons (Fsp3) is 0.273. The third kappa shape index (κ3) is 2.33. The molecule has 0 unspecified atom stereocenters. The first-order valence-electron chi connectivity index (χ1n) is 4.32. The van der Waals surface area contributed by atoms with Gasteiger partial charge in [0.2, 0.25) is 0 Å². The van der Waals surface area contributed by atoms with Crippen LogP contribution in [0.2, 0.25) is 0 Å². The maximum Gasteiger partial charge on any atom is 0.253 e. The van der Waals surface area contributed by atoms with Crippen LogP contribution < -0.4 is 0 Å². The molecule has 3 heteroatoms. The largest absolute Gasteiger partial charge is 0.345 e. The Bertz CT molecular complexity index is 360. The Morgan fingerprint density at radius 1 is 1.36 bits per heavy atom. The van der Waals surface area contributed by atoms with Crippen molar-refractivity contribution >= 4 is 5.91 Å². The Morgan fingerprint density at radius 2 is 1.93 bits per heavy atom. The van der Waals surface area contributed by atoms with Gasteiger partial charge in [-0.05, 0) is 17.7 Å². The van der Waals surface area contributed by atoms with Crippen molar-refractivity contribution in [3.05, 3.63) is 35.4 Å². The van der Waals surface area contributed by atoms with Crippen LogP contribution in [0.25, 0.3) is 0 Å². The predicted molar refractivity (Wildman–Crippen MR) is 53.8 cm³/mol. The van der Waals surface area contributed by atoms with Crippen LogP contribution in [0, 0.1) is 11.3 Å². The summed E-state index contributed by atoms with van der Waals surface area (Å²) in [5, 5.41) is 8.46. The zero-order valence-corrected chi connectivity index (χ0v) is 8.32. The maximum atomic E-state index is 11.5. The van der Waals surface area contributed by atoms with Gasteiger partial charge in [-0.2, -0.15) is 5.26 Å². The van der Waals surface area contributed by atoms with Crippen molar-refractivity contribution < 1.29 is 4.79 Å². The standard InChI is InChI=1S/C11H12N2O/c1-13(2)11(14)10-5-3-9(4-6-10)7-8-12/h3-6H,7H2,1-2H3. The Kier molecular flexibility index (Phi) is 3.24. The number of carbonyl (C=O) groups is 1. The van der Waals surface area contributed by atoms with E-state index in [0.29, 0.717) is 12.0 Å². The number of hydrogen-bond donors (Lipinski definition) is 0. The van der Waals surface area contributed by atoms with Crippen molar-refractivity contribution in [1.29, 1.82) is 5.26 Å². The monoisotopic (exact) mass is 188 g/mol. The fourth-order valence-corrected chi connectivity index (χ4v) is 1.11. The van der Waals surface area contributed by atoms with Gasteiger partial charge >= 0.3 is 0 Å². The third-order valence-electron chi connectivity index (χ3n) is 1.89. The van der Waals surface area contributed by atoms with Crippen LogP contribution in [0.3, 0.4) is 0 Å². The zero-order chi connectivity index (χ0) is 10.6. The number of benzene rings is 1. The molecule has 0 heterocycles. The lowest BCUT2D eigenvalue weighted by molar-refractivity contribution is 0.0827. The summed E-state index contributed by atoms with van der Waals surface area (Å²) in [6, 6.07) is 9.16. The highest BCUT2D eigenvalue weighted by atomic mass is 16.2. The minimum absolute atomic E-state index is 0.0199. The molecule has 72 valence electrons. The predicted octanol–water partition coefficient (Wildman–Crippen LogP) is 1.45. The van der Waals surface area contributed by atoms with Gasteiger partial charge in [0.05, 0.1) is 12.5 Å². The number of nitriles is 1. The van der Waals surface area contributed by atoms with Crippen LogP contribution in [0.1, 0.15) is 15.9 Å². The van der Waals surface area contributed by atoms with Crippen LogP contribution in [0.15, 0.2) is 24.3 Å². The molecule has 0 aliphatic rings. The molecule has 0 bridgehead atoms. The van der Waals surface area contributed by atoms with Crippen molar-refractivity contribution in [2.75, 3.05) is 14.1 Å². The van der Waals surface area contributed by atoms with Gasteiger partial charge in [0.15, 0.2) is 0 Å². The first-order chi connectivity index (χ1) is 6.65. The van der Waals surface area contributed by atoms with Crippen molar-refractivity contribution in [1.82, 2.24) is 4.90 Å². The first-order valence-corrected chi connectivity index (χ1v) is 4.32. The molecule has 0 saturated carbocycles. The molecule has 3 nitrogen and oxygen atoms in total. The highest BCUT2D eigenvalue weighted by Gasteiger charge is 2.06. The Labute approximate surface area is 83.6 Å². The topological polar surface area (TPSA) is 44.1 Å². The molecule has 0 aromatic heterocycles. The van der Waals surface area contributed by atoms with Gasteiger partial charge in [-0.25, -0.2) is 0 Å². The summed E-state index contributed by atoms with van der Waals surface area (Å²) in [5.41, 5.74) is 1.58. The zero-order valence-electron chi connectivity index (χ0n) is 8.32. The van der Waals surface area contributed by atoms with Gasteiger partial charge in [0, 0.05) is 19.7 Å². The highest BCUT2D eigenvalue weighted by molar-refractivity contribution is 5.93. The maximum absolute atomic E-state index is 11.5. The summed E-state index contributed by atoms with van der Waals surface area (Å²) >= 11 is 0. The quantitative estimate of drug-likeness (QED) is 0.705. The van der Waals surface area contributed by atoms with Gasteiger partial charge in [0.25, 0.3) is 5.91 Å². The van der Waals surface area contributed by atoms with E-state index < -0.39 is 0 Å². The van der Waals surface area contributed by atoms with Crippen molar-refractivity contribution in [3.8, 4) is 6.07 Å². The summed E-state index contributed by atoms with van der Waals surface area (Å²) in [6.07, 6.45) is 0.385. The number of carbonyl (C=O) groups excluding carboxylic acids is 1. The molecular formula is C11H12N2O. The molecule has 0 fully saturated rings. The lowest BCUT2D eigenvalue weighted by Crippen LogP contribution is -2.21. The Morgan fingerprint density at radius 3 is 2.36 bits per heavy atom. The van der Waals surface area contributed by atoms with Gasteiger partial charge in [-0.15, -0.1) is 0 Å². The normalized spacial score (nSPS) is 9.21. The summed E-state index contributed by atoms with van der Waals surface area (Å²) in [6.45, 7) is 0. The second-order valence-corrected chi connectivity index (χ2v) is 3.23. The second kappa shape index (κ2) is 4.43. The molecule has 0 saturated heterocycles. The van der Waals surface area contributed by atoms with Crippen LogP contribution in [0.4, 0.5) is 0 Å². The summed E-state index contributed by atoms with van der Waals surface area (Å²) in [5.74, 6) is -0.0199. The molecule has 1 amide bonds. The van der Waals surface area contributed by atoms with E-state index in [2.05, 4.69) is 6.07 Å². The smallest absolute Gasteiger partial charge is 0.253 e.